The second-order valence-corrected chi connectivity index (χ2v) is 6.40. The summed E-state index contributed by atoms with van der Waals surface area (Å²) in [6, 6.07) is 11.4. The van der Waals surface area contributed by atoms with Crippen LogP contribution in [-0.4, -0.2) is 33.1 Å². The Balaban J connectivity index is 2.07. The third kappa shape index (κ3) is 3.65. The summed E-state index contributed by atoms with van der Waals surface area (Å²) in [6.07, 6.45) is -0.00754. The fraction of sp³-hybridized carbons (Fsp3) is 0.278. The molecule has 7 heteroatoms. The molecule has 6 nitrogen and oxygen atoms in total. The summed E-state index contributed by atoms with van der Waals surface area (Å²) in [4.78, 5) is 11.4. The standard InChI is InChI=1S/C18H19ClN4O2/c1-20-10-13-7-11(3-5-15(13)19)14(9-18(24)25)12-4-6-17-16(8-12)21-22-23(17)2/h3-8,14,20H,9-10H2,1-2H3,(H,24,25). The molecule has 0 aliphatic rings. The quantitative estimate of drug-likeness (QED) is 0.708. The molecule has 1 aromatic heterocycles. The van der Waals surface area contributed by atoms with Crippen molar-refractivity contribution in [3.63, 3.8) is 0 Å². The summed E-state index contributed by atoms with van der Waals surface area (Å²) in [5, 5.41) is 21.3. The number of benzene rings is 2. The number of carboxylic acid groups (broad SMARTS) is 1. The van der Waals surface area contributed by atoms with Crippen LogP contribution in [0, 0.1) is 0 Å². The van der Waals surface area contributed by atoms with E-state index in [1.54, 1.807) is 4.68 Å². The molecule has 0 radical (unpaired) electrons. The minimum Gasteiger partial charge on any atom is -0.481 e. The first kappa shape index (κ1) is 17.4. The lowest BCUT2D eigenvalue weighted by molar-refractivity contribution is -0.137. The van der Waals surface area contributed by atoms with E-state index in [9.17, 15) is 9.90 Å². The van der Waals surface area contributed by atoms with Crippen molar-refractivity contribution in [3.8, 4) is 0 Å². The van der Waals surface area contributed by atoms with Gasteiger partial charge in [-0.3, -0.25) is 4.79 Å². The lowest BCUT2D eigenvalue weighted by atomic mass is 9.87. The number of nitrogens with zero attached hydrogens (tertiary/aromatic N) is 3. The number of aryl methyl sites for hydroxylation is 1. The molecule has 0 saturated heterocycles. The van der Waals surface area contributed by atoms with Gasteiger partial charge in [-0.1, -0.05) is 35.0 Å². The summed E-state index contributed by atoms with van der Waals surface area (Å²) >= 11 is 6.23. The molecule has 0 aliphatic carbocycles. The fourth-order valence-electron chi connectivity index (χ4n) is 3.01. The molecule has 0 spiro atoms. The summed E-state index contributed by atoms with van der Waals surface area (Å²) in [7, 11) is 3.67. The number of carbonyl (C=O) groups is 1. The van der Waals surface area contributed by atoms with Gasteiger partial charge < -0.3 is 10.4 Å². The number of halogens is 1. The van der Waals surface area contributed by atoms with E-state index in [0.29, 0.717) is 11.6 Å². The molecule has 130 valence electrons. The Morgan fingerprint density at radius 3 is 2.72 bits per heavy atom. The van der Waals surface area contributed by atoms with Gasteiger partial charge in [0.1, 0.15) is 5.52 Å². The van der Waals surface area contributed by atoms with Gasteiger partial charge in [0.05, 0.1) is 11.9 Å². The topological polar surface area (TPSA) is 80.0 Å². The average Bonchev–Trinajstić information content (AvgIpc) is 2.95. The van der Waals surface area contributed by atoms with Crippen LogP contribution >= 0.6 is 11.6 Å². The van der Waals surface area contributed by atoms with Crippen LogP contribution in [0.5, 0.6) is 0 Å². The summed E-state index contributed by atoms with van der Waals surface area (Å²) in [5.74, 6) is -1.13. The molecule has 1 heterocycles. The zero-order chi connectivity index (χ0) is 18.0. The molecule has 0 aliphatic heterocycles. The number of nitrogens with one attached hydrogen (secondary N) is 1. The van der Waals surface area contributed by atoms with Crippen LogP contribution < -0.4 is 5.32 Å². The first-order valence-corrected chi connectivity index (χ1v) is 8.31. The second-order valence-electron chi connectivity index (χ2n) is 5.99. The van der Waals surface area contributed by atoms with Crippen LogP contribution in [0.15, 0.2) is 36.4 Å². The highest BCUT2D eigenvalue weighted by Gasteiger charge is 2.20. The minimum atomic E-state index is -0.852. The van der Waals surface area contributed by atoms with Gasteiger partial charge in [-0.05, 0) is 41.9 Å². The molecular weight excluding hydrogens is 340 g/mol. The molecular formula is C18H19ClN4O2. The lowest BCUT2D eigenvalue weighted by Gasteiger charge is -2.18. The van der Waals surface area contributed by atoms with Gasteiger partial charge in [-0.25, -0.2) is 4.68 Å². The lowest BCUT2D eigenvalue weighted by Crippen LogP contribution is -2.10. The normalized spacial score (nSPS) is 12.4. The third-order valence-corrected chi connectivity index (χ3v) is 4.62. The van der Waals surface area contributed by atoms with Crippen LogP contribution in [0.1, 0.15) is 29.0 Å². The zero-order valence-electron chi connectivity index (χ0n) is 14.0. The monoisotopic (exact) mass is 358 g/mol. The van der Waals surface area contributed by atoms with Gasteiger partial charge in [0, 0.05) is 24.5 Å². The molecule has 2 aromatic carbocycles. The highest BCUT2D eigenvalue weighted by molar-refractivity contribution is 6.31. The average molecular weight is 359 g/mol. The van der Waals surface area contributed by atoms with Crippen LogP contribution in [0.25, 0.3) is 11.0 Å². The number of hydrogen-bond donors (Lipinski definition) is 2. The van der Waals surface area contributed by atoms with E-state index in [0.717, 1.165) is 27.7 Å². The Morgan fingerprint density at radius 2 is 2.00 bits per heavy atom. The molecule has 0 amide bonds. The van der Waals surface area contributed by atoms with Crippen molar-refractivity contribution in [2.75, 3.05) is 7.05 Å². The first-order valence-electron chi connectivity index (χ1n) is 7.93. The van der Waals surface area contributed by atoms with E-state index in [1.165, 1.54) is 0 Å². The maximum Gasteiger partial charge on any atom is 0.304 e. The van der Waals surface area contributed by atoms with Crippen molar-refractivity contribution in [3.05, 3.63) is 58.1 Å². The Labute approximate surface area is 150 Å². The van der Waals surface area contributed by atoms with Gasteiger partial charge in [-0.2, -0.15) is 0 Å². The molecule has 1 unspecified atom stereocenters. The predicted molar refractivity (Wildman–Crippen MR) is 96.8 cm³/mol. The van der Waals surface area contributed by atoms with Crippen molar-refractivity contribution in [1.82, 2.24) is 20.3 Å². The molecule has 1 atom stereocenters. The van der Waals surface area contributed by atoms with E-state index in [-0.39, 0.29) is 12.3 Å². The van der Waals surface area contributed by atoms with E-state index < -0.39 is 5.97 Å². The molecule has 0 bridgehead atoms. The summed E-state index contributed by atoms with van der Waals surface area (Å²) in [6.45, 7) is 0.621. The molecule has 0 fully saturated rings. The maximum atomic E-state index is 11.4. The maximum absolute atomic E-state index is 11.4. The highest BCUT2D eigenvalue weighted by Crippen LogP contribution is 2.32. The Morgan fingerprint density at radius 1 is 1.28 bits per heavy atom. The van der Waals surface area contributed by atoms with E-state index in [4.69, 9.17) is 11.6 Å². The van der Waals surface area contributed by atoms with Gasteiger partial charge in [0.2, 0.25) is 0 Å². The number of rotatable bonds is 6. The van der Waals surface area contributed by atoms with Crippen LogP contribution in [-0.2, 0) is 18.4 Å². The van der Waals surface area contributed by atoms with E-state index >= 15 is 0 Å². The van der Waals surface area contributed by atoms with Crippen molar-refractivity contribution in [2.24, 2.45) is 7.05 Å². The molecule has 0 saturated carbocycles. The highest BCUT2D eigenvalue weighted by atomic mass is 35.5. The van der Waals surface area contributed by atoms with E-state index in [1.807, 2.05) is 50.5 Å². The predicted octanol–water partition coefficient (Wildman–Crippen LogP) is 2.95. The molecule has 3 rings (SSSR count). The molecule has 3 aromatic rings. The largest absolute Gasteiger partial charge is 0.481 e. The number of fused-ring (bicyclic) bond motifs is 1. The van der Waals surface area contributed by atoms with Crippen LogP contribution in [0.3, 0.4) is 0 Å². The Kier molecular flexibility index (Phi) is 5.01. The Bertz CT molecular complexity index is 923. The zero-order valence-corrected chi connectivity index (χ0v) is 14.8. The number of hydrogen-bond acceptors (Lipinski definition) is 4. The number of carboxylic acids is 1. The van der Waals surface area contributed by atoms with E-state index in [2.05, 4.69) is 15.6 Å². The third-order valence-electron chi connectivity index (χ3n) is 4.26. The Hall–Kier alpha value is -2.44. The van der Waals surface area contributed by atoms with Crippen molar-refractivity contribution >= 4 is 28.6 Å². The van der Waals surface area contributed by atoms with Crippen LogP contribution in [0.2, 0.25) is 5.02 Å². The second kappa shape index (κ2) is 7.21. The smallest absolute Gasteiger partial charge is 0.304 e. The fourth-order valence-corrected chi connectivity index (χ4v) is 3.20. The molecule has 2 N–H and O–H groups in total. The minimum absolute atomic E-state index is 0.00754. The van der Waals surface area contributed by atoms with Crippen molar-refractivity contribution in [2.45, 2.75) is 18.9 Å². The SMILES string of the molecule is CNCc1cc(C(CC(=O)O)c2ccc3c(c2)nnn3C)ccc1Cl. The summed E-state index contributed by atoms with van der Waals surface area (Å²) < 4.78 is 1.69. The van der Waals surface area contributed by atoms with Crippen molar-refractivity contribution < 1.29 is 9.90 Å². The van der Waals surface area contributed by atoms with Gasteiger partial charge in [0.15, 0.2) is 0 Å². The van der Waals surface area contributed by atoms with Gasteiger partial charge >= 0.3 is 5.97 Å². The van der Waals surface area contributed by atoms with Gasteiger partial charge in [0.25, 0.3) is 0 Å². The first-order chi connectivity index (χ1) is 12.0. The molecule has 25 heavy (non-hydrogen) atoms. The van der Waals surface area contributed by atoms with Gasteiger partial charge in [-0.15, -0.1) is 5.10 Å². The number of aromatic nitrogens is 3. The summed E-state index contributed by atoms with van der Waals surface area (Å²) in [5.41, 5.74) is 4.41. The van der Waals surface area contributed by atoms with Crippen molar-refractivity contribution in [1.29, 1.82) is 0 Å². The van der Waals surface area contributed by atoms with Crippen LogP contribution in [0.4, 0.5) is 0 Å². The number of aliphatic carboxylic acids is 1.